The molecule has 1 aromatic carbocycles. The number of hydrogen-bond acceptors (Lipinski definition) is 4. The Hall–Kier alpha value is -1.24. The molecule has 0 spiro atoms. The van der Waals surface area contributed by atoms with Crippen LogP contribution in [0.2, 0.25) is 0 Å². The maximum absolute atomic E-state index is 12.1. The summed E-state index contributed by atoms with van der Waals surface area (Å²) in [6.07, 6.45) is 9.35. The summed E-state index contributed by atoms with van der Waals surface area (Å²) < 4.78 is 18.4. The maximum atomic E-state index is 12.1. The van der Waals surface area contributed by atoms with Gasteiger partial charge in [0.2, 0.25) is 0 Å². The Labute approximate surface area is 176 Å². The van der Waals surface area contributed by atoms with Crippen LogP contribution in [0.25, 0.3) is 6.08 Å². The molecule has 0 atom stereocenters. The quantitative estimate of drug-likeness (QED) is 0.226. The second-order valence-electron chi connectivity index (χ2n) is 7.26. The van der Waals surface area contributed by atoms with Crippen LogP contribution in [0.4, 0.5) is 0 Å². The molecule has 5 heteroatoms. The van der Waals surface area contributed by atoms with Gasteiger partial charge in [-0.15, -0.1) is 0 Å². The van der Waals surface area contributed by atoms with Crippen LogP contribution in [0.15, 0.2) is 18.7 Å². The van der Waals surface area contributed by atoms with Crippen molar-refractivity contribution < 1.29 is 19.0 Å². The maximum Gasteiger partial charge on any atom is 0.306 e. The Morgan fingerprint density at radius 3 is 2.63 bits per heavy atom. The van der Waals surface area contributed by atoms with Crippen LogP contribution in [-0.4, -0.2) is 24.8 Å². The molecular formula is C22H31IO4. The van der Waals surface area contributed by atoms with Gasteiger partial charge in [0.1, 0.15) is 5.60 Å². The van der Waals surface area contributed by atoms with Crippen LogP contribution in [0.1, 0.15) is 70.8 Å². The number of carbonyl (C=O) groups excluding carboxylic acids is 1. The van der Waals surface area contributed by atoms with Crippen LogP contribution < -0.4 is 9.47 Å². The minimum absolute atomic E-state index is 0.0840. The average molecular weight is 486 g/mol. The first-order valence-electron chi connectivity index (χ1n) is 9.91. The Balaban J connectivity index is 1.76. The van der Waals surface area contributed by atoms with Gasteiger partial charge in [0.25, 0.3) is 0 Å². The molecule has 0 aromatic heterocycles. The van der Waals surface area contributed by atoms with Gasteiger partial charge in [-0.3, -0.25) is 4.79 Å². The second kappa shape index (κ2) is 10.9. The predicted molar refractivity (Wildman–Crippen MR) is 117 cm³/mol. The Kier molecular flexibility index (Phi) is 8.93. The summed E-state index contributed by atoms with van der Waals surface area (Å²) in [5.41, 5.74) is 0.760. The third kappa shape index (κ3) is 7.01. The van der Waals surface area contributed by atoms with Crippen LogP contribution in [0.3, 0.4) is 0 Å². The van der Waals surface area contributed by atoms with Crippen molar-refractivity contribution in [1.29, 1.82) is 0 Å². The Morgan fingerprint density at radius 1 is 1.22 bits per heavy atom. The van der Waals surface area contributed by atoms with Crippen molar-refractivity contribution in [1.82, 2.24) is 0 Å². The Bertz CT molecular complexity index is 635. The van der Waals surface area contributed by atoms with Crippen LogP contribution in [-0.2, 0) is 9.53 Å². The highest BCUT2D eigenvalue weighted by Gasteiger charge is 2.30. The van der Waals surface area contributed by atoms with Gasteiger partial charge in [-0.05, 0) is 92.7 Å². The summed E-state index contributed by atoms with van der Waals surface area (Å²) in [7, 11) is 0. The van der Waals surface area contributed by atoms with Gasteiger partial charge in [-0.2, -0.15) is 0 Å². The molecule has 0 unspecified atom stereocenters. The first-order chi connectivity index (χ1) is 13.0. The summed E-state index contributed by atoms with van der Waals surface area (Å²) >= 11 is 2.25. The fourth-order valence-electron chi connectivity index (χ4n) is 3.38. The van der Waals surface area contributed by atoms with E-state index >= 15 is 0 Å². The third-order valence-electron chi connectivity index (χ3n) is 4.86. The first kappa shape index (κ1) is 22.1. The van der Waals surface area contributed by atoms with E-state index in [1.165, 1.54) is 6.42 Å². The zero-order valence-electron chi connectivity index (χ0n) is 16.5. The fourth-order valence-corrected chi connectivity index (χ4v) is 4.16. The zero-order chi connectivity index (χ0) is 19.7. The number of hydrogen-bond donors (Lipinski definition) is 0. The number of halogens is 1. The normalized spacial score (nSPS) is 15.8. The van der Waals surface area contributed by atoms with E-state index in [4.69, 9.17) is 14.2 Å². The van der Waals surface area contributed by atoms with E-state index in [9.17, 15) is 4.79 Å². The number of esters is 1. The lowest BCUT2D eigenvalue weighted by Crippen LogP contribution is -2.33. The van der Waals surface area contributed by atoms with Gasteiger partial charge < -0.3 is 14.2 Å². The van der Waals surface area contributed by atoms with E-state index in [0.29, 0.717) is 19.6 Å². The molecule has 4 nitrogen and oxygen atoms in total. The molecule has 0 bridgehead atoms. The average Bonchev–Trinajstić information content (AvgIpc) is 2.63. The van der Waals surface area contributed by atoms with E-state index in [1.807, 2.05) is 19.1 Å². The highest BCUT2D eigenvalue weighted by Crippen LogP contribution is 2.35. The molecule has 1 aliphatic carbocycles. The van der Waals surface area contributed by atoms with E-state index < -0.39 is 0 Å². The van der Waals surface area contributed by atoms with Crippen molar-refractivity contribution in [3.8, 4) is 11.5 Å². The summed E-state index contributed by atoms with van der Waals surface area (Å²) in [5, 5.41) is 0. The largest absolute Gasteiger partial charge is 0.490 e. The topological polar surface area (TPSA) is 44.8 Å². The minimum Gasteiger partial charge on any atom is -0.490 e. The van der Waals surface area contributed by atoms with Crippen molar-refractivity contribution in [3.05, 3.63) is 27.8 Å². The molecule has 2 rings (SSSR count). The van der Waals surface area contributed by atoms with Gasteiger partial charge in [-0.25, -0.2) is 0 Å². The highest BCUT2D eigenvalue weighted by atomic mass is 127. The van der Waals surface area contributed by atoms with Crippen LogP contribution in [0, 0.1) is 3.57 Å². The smallest absolute Gasteiger partial charge is 0.306 e. The lowest BCUT2D eigenvalue weighted by molar-refractivity contribution is -0.161. The van der Waals surface area contributed by atoms with Gasteiger partial charge >= 0.3 is 5.97 Å². The standard InChI is InChI=1S/C22H31IO4/c1-4-17-15-18(23)21(19(16-17)25-5-2)26-14-10-7-11-20(24)27-22(3)12-8-6-9-13-22/h4,15-16H,1,5-14H2,2-3H3. The molecule has 1 aliphatic rings. The molecule has 0 N–H and O–H groups in total. The second-order valence-corrected chi connectivity index (χ2v) is 8.42. The molecule has 1 aromatic rings. The molecule has 0 radical (unpaired) electrons. The number of carbonyl (C=O) groups is 1. The predicted octanol–water partition coefficient (Wildman–Crippen LogP) is 6.15. The number of rotatable bonds is 10. The summed E-state index contributed by atoms with van der Waals surface area (Å²) in [6, 6.07) is 3.96. The number of unbranched alkanes of at least 4 members (excludes halogenated alkanes) is 1. The molecule has 1 fully saturated rings. The molecular weight excluding hydrogens is 455 g/mol. The number of benzene rings is 1. The van der Waals surface area contributed by atoms with E-state index in [0.717, 1.165) is 59.2 Å². The monoisotopic (exact) mass is 486 g/mol. The minimum atomic E-state index is -0.249. The molecule has 0 saturated heterocycles. The van der Waals surface area contributed by atoms with Crippen molar-refractivity contribution in [2.75, 3.05) is 13.2 Å². The fraction of sp³-hybridized carbons (Fsp3) is 0.591. The van der Waals surface area contributed by atoms with Crippen molar-refractivity contribution in [2.45, 2.75) is 70.8 Å². The SMILES string of the molecule is C=Cc1cc(I)c(OCCCCC(=O)OC2(C)CCCCC2)c(OCC)c1. The van der Waals surface area contributed by atoms with Crippen molar-refractivity contribution >= 4 is 34.6 Å². The molecule has 1 saturated carbocycles. The molecule has 0 heterocycles. The van der Waals surface area contributed by atoms with Crippen LogP contribution in [0.5, 0.6) is 11.5 Å². The van der Waals surface area contributed by atoms with Crippen LogP contribution >= 0.6 is 22.6 Å². The summed E-state index contributed by atoms with van der Waals surface area (Å²) in [6.45, 7) is 8.96. The van der Waals surface area contributed by atoms with Gasteiger partial charge in [-0.1, -0.05) is 19.1 Å². The van der Waals surface area contributed by atoms with Crippen molar-refractivity contribution in [2.24, 2.45) is 0 Å². The summed E-state index contributed by atoms with van der Waals surface area (Å²) in [5.74, 6) is 1.42. The molecule has 0 aliphatic heterocycles. The van der Waals surface area contributed by atoms with E-state index in [-0.39, 0.29) is 11.6 Å². The van der Waals surface area contributed by atoms with E-state index in [2.05, 4.69) is 36.1 Å². The zero-order valence-corrected chi connectivity index (χ0v) is 18.7. The lowest BCUT2D eigenvalue weighted by Gasteiger charge is -2.33. The Morgan fingerprint density at radius 2 is 1.96 bits per heavy atom. The van der Waals surface area contributed by atoms with Crippen molar-refractivity contribution in [3.63, 3.8) is 0 Å². The molecule has 150 valence electrons. The molecule has 27 heavy (non-hydrogen) atoms. The molecule has 0 amide bonds. The van der Waals surface area contributed by atoms with Gasteiger partial charge in [0.15, 0.2) is 11.5 Å². The first-order valence-corrected chi connectivity index (χ1v) is 11.0. The third-order valence-corrected chi connectivity index (χ3v) is 5.66. The number of ether oxygens (including phenoxy) is 3. The van der Waals surface area contributed by atoms with Gasteiger partial charge in [0.05, 0.1) is 16.8 Å². The highest BCUT2D eigenvalue weighted by molar-refractivity contribution is 14.1. The van der Waals surface area contributed by atoms with E-state index in [1.54, 1.807) is 6.08 Å². The van der Waals surface area contributed by atoms with Gasteiger partial charge in [0, 0.05) is 6.42 Å². The lowest BCUT2D eigenvalue weighted by atomic mass is 9.86. The summed E-state index contributed by atoms with van der Waals surface area (Å²) in [4.78, 5) is 12.1.